The number of hydrogen-bond donors (Lipinski definition) is 2. The predicted octanol–water partition coefficient (Wildman–Crippen LogP) is -0.290. The maximum Gasteiger partial charge on any atom is 0.0293 e. The Kier molecular flexibility index (Phi) is 0.746. The van der Waals surface area contributed by atoms with Gasteiger partial charge in [-0.3, -0.25) is 0 Å². The molecular weight excluding hydrogens is 100 g/mol. The van der Waals surface area contributed by atoms with Gasteiger partial charge in [0.1, 0.15) is 0 Å². The van der Waals surface area contributed by atoms with Crippen molar-refractivity contribution in [2.75, 3.05) is 13.1 Å². The third-order valence-corrected chi connectivity index (χ3v) is 2.25. The van der Waals surface area contributed by atoms with Crippen molar-refractivity contribution >= 4 is 0 Å². The summed E-state index contributed by atoms with van der Waals surface area (Å²) < 4.78 is 0. The summed E-state index contributed by atoms with van der Waals surface area (Å²) in [5.41, 5.74) is 0.449. The van der Waals surface area contributed by atoms with Crippen molar-refractivity contribution in [2.24, 2.45) is 0 Å². The second kappa shape index (κ2) is 1.25. The van der Waals surface area contributed by atoms with Gasteiger partial charge in [0.25, 0.3) is 0 Å². The van der Waals surface area contributed by atoms with E-state index in [1.54, 1.807) is 0 Å². The Morgan fingerprint density at radius 1 is 1.62 bits per heavy atom. The molecule has 0 aromatic heterocycles. The van der Waals surface area contributed by atoms with Crippen LogP contribution in [0, 0.1) is 0 Å². The molecule has 2 rings (SSSR count). The zero-order valence-electron chi connectivity index (χ0n) is 5.20. The van der Waals surface area contributed by atoms with Crippen molar-refractivity contribution < 1.29 is 0 Å². The highest BCUT2D eigenvalue weighted by Gasteiger charge is 2.40. The van der Waals surface area contributed by atoms with E-state index in [1.807, 2.05) is 0 Å². The Labute approximate surface area is 49.7 Å². The van der Waals surface area contributed by atoms with E-state index in [2.05, 4.69) is 17.6 Å². The largest absolute Gasteiger partial charge is 0.311 e. The quantitative estimate of drug-likeness (QED) is 0.450. The van der Waals surface area contributed by atoms with E-state index in [-0.39, 0.29) is 0 Å². The molecule has 46 valence electrons. The lowest BCUT2D eigenvalue weighted by atomic mass is 10.0. The van der Waals surface area contributed by atoms with Gasteiger partial charge in [0.05, 0.1) is 0 Å². The Hall–Kier alpha value is -0.0800. The molecule has 0 spiro atoms. The van der Waals surface area contributed by atoms with Crippen molar-refractivity contribution in [1.82, 2.24) is 10.6 Å². The minimum absolute atomic E-state index is 0.449. The molecule has 0 unspecified atom stereocenters. The van der Waals surface area contributed by atoms with Crippen molar-refractivity contribution in [3.63, 3.8) is 0 Å². The summed E-state index contributed by atoms with van der Waals surface area (Å²) in [4.78, 5) is 0. The van der Waals surface area contributed by atoms with Crippen molar-refractivity contribution in [3.05, 3.63) is 0 Å². The molecule has 2 heterocycles. The van der Waals surface area contributed by atoms with E-state index >= 15 is 0 Å². The lowest BCUT2D eigenvalue weighted by Gasteiger charge is -2.21. The Morgan fingerprint density at radius 3 is 2.62 bits per heavy atom. The van der Waals surface area contributed by atoms with Crippen LogP contribution in [-0.4, -0.2) is 24.7 Å². The summed E-state index contributed by atoms with van der Waals surface area (Å²) in [7, 11) is 0. The standard InChI is InChI=1S/C6H12N2/c1-6-2-5(3-8-6)7-4-6/h5,7-8H,2-4H2,1H3/t5-,6-/m0/s1. The molecule has 2 bridgehead atoms. The van der Waals surface area contributed by atoms with Gasteiger partial charge >= 0.3 is 0 Å². The third kappa shape index (κ3) is 0.501. The first-order valence-corrected chi connectivity index (χ1v) is 3.27. The predicted molar refractivity (Wildman–Crippen MR) is 32.8 cm³/mol. The number of hydrogen-bond acceptors (Lipinski definition) is 2. The zero-order valence-corrected chi connectivity index (χ0v) is 5.20. The highest BCUT2D eigenvalue weighted by atomic mass is 15.2. The van der Waals surface area contributed by atoms with E-state index < -0.39 is 0 Å². The van der Waals surface area contributed by atoms with Crippen LogP contribution in [-0.2, 0) is 0 Å². The van der Waals surface area contributed by atoms with Gasteiger partial charge in [-0.15, -0.1) is 0 Å². The van der Waals surface area contributed by atoms with Crippen LogP contribution in [0.2, 0.25) is 0 Å². The summed E-state index contributed by atoms with van der Waals surface area (Å²) in [6.07, 6.45) is 1.33. The summed E-state index contributed by atoms with van der Waals surface area (Å²) in [6.45, 7) is 4.63. The zero-order chi connectivity index (χ0) is 5.61. The summed E-state index contributed by atoms with van der Waals surface area (Å²) >= 11 is 0. The minimum Gasteiger partial charge on any atom is -0.311 e. The first kappa shape index (κ1) is 4.77. The smallest absolute Gasteiger partial charge is 0.0293 e. The fourth-order valence-corrected chi connectivity index (χ4v) is 1.71. The van der Waals surface area contributed by atoms with Crippen LogP contribution in [0.15, 0.2) is 0 Å². The summed E-state index contributed by atoms with van der Waals surface area (Å²) in [5.74, 6) is 0. The van der Waals surface area contributed by atoms with E-state index in [0.717, 1.165) is 12.6 Å². The second-order valence-electron chi connectivity index (χ2n) is 3.22. The van der Waals surface area contributed by atoms with E-state index in [4.69, 9.17) is 0 Å². The molecular formula is C6H12N2. The third-order valence-electron chi connectivity index (χ3n) is 2.25. The fourth-order valence-electron chi connectivity index (χ4n) is 1.71. The van der Waals surface area contributed by atoms with Crippen LogP contribution in [0.5, 0.6) is 0 Å². The average Bonchev–Trinajstić information content (AvgIpc) is 2.21. The molecule has 2 aliphatic rings. The van der Waals surface area contributed by atoms with Crippen LogP contribution >= 0.6 is 0 Å². The second-order valence-corrected chi connectivity index (χ2v) is 3.22. The molecule has 0 aliphatic carbocycles. The van der Waals surface area contributed by atoms with Crippen molar-refractivity contribution in [3.8, 4) is 0 Å². The topological polar surface area (TPSA) is 24.1 Å². The van der Waals surface area contributed by atoms with Gasteiger partial charge in [0.15, 0.2) is 0 Å². The number of fused-ring (bicyclic) bond motifs is 2. The molecule has 2 heteroatoms. The van der Waals surface area contributed by atoms with Crippen LogP contribution in [0.4, 0.5) is 0 Å². The van der Waals surface area contributed by atoms with Gasteiger partial charge < -0.3 is 10.6 Å². The molecule has 0 amide bonds. The van der Waals surface area contributed by atoms with Crippen LogP contribution < -0.4 is 10.6 Å². The van der Waals surface area contributed by atoms with Gasteiger partial charge in [-0.1, -0.05) is 0 Å². The minimum atomic E-state index is 0.449. The molecule has 2 saturated heterocycles. The van der Waals surface area contributed by atoms with Gasteiger partial charge in [0, 0.05) is 24.7 Å². The number of nitrogens with one attached hydrogen (secondary N) is 2. The summed E-state index contributed by atoms with van der Waals surface area (Å²) in [6, 6.07) is 0.778. The molecule has 0 aromatic carbocycles. The van der Waals surface area contributed by atoms with Crippen molar-refractivity contribution in [1.29, 1.82) is 0 Å². The maximum absolute atomic E-state index is 3.47. The highest BCUT2D eigenvalue weighted by Crippen LogP contribution is 2.23. The molecule has 2 fully saturated rings. The van der Waals surface area contributed by atoms with Gasteiger partial charge in [0.2, 0.25) is 0 Å². The van der Waals surface area contributed by atoms with Gasteiger partial charge in [-0.2, -0.15) is 0 Å². The lowest BCUT2D eigenvalue weighted by molar-refractivity contribution is 0.413. The van der Waals surface area contributed by atoms with Crippen LogP contribution in [0.25, 0.3) is 0 Å². The number of rotatable bonds is 0. The van der Waals surface area contributed by atoms with Gasteiger partial charge in [-0.05, 0) is 13.3 Å². The van der Waals surface area contributed by atoms with Crippen LogP contribution in [0.1, 0.15) is 13.3 Å². The molecule has 2 aliphatic heterocycles. The van der Waals surface area contributed by atoms with E-state index in [9.17, 15) is 0 Å². The Bertz CT molecular complexity index is 103. The average molecular weight is 112 g/mol. The SMILES string of the molecule is C[C@]12CN[C@H](CN1)C2. The normalized spacial score (nSPS) is 52.9. The van der Waals surface area contributed by atoms with Crippen LogP contribution in [0.3, 0.4) is 0 Å². The molecule has 2 N–H and O–H groups in total. The molecule has 2 atom stereocenters. The fraction of sp³-hybridized carbons (Fsp3) is 1.00. The monoisotopic (exact) mass is 112 g/mol. The Balaban J connectivity index is 2.19. The first-order valence-electron chi connectivity index (χ1n) is 3.27. The van der Waals surface area contributed by atoms with E-state index in [0.29, 0.717) is 5.54 Å². The maximum atomic E-state index is 3.47. The molecule has 8 heavy (non-hydrogen) atoms. The molecule has 0 saturated carbocycles. The van der Waals surface area contributed by atoms with Crippen molar-refractivity contribution in [2.45, 2.75) is 24.9 Å². The first-order chi connectivity index (χ1) is 3.79. The molecule has 0 radical (unpaired) electrons. The highest BCUT2D eigenvalue weighted by molar-refractivity contribution is 5.04. The van der Waals surface area contributed by atoms with Gasteiger partial charge in [-0.25, -0.2) is 0 Å². The number of piperazine rings is 1. The van der Waals surface area contributed by atoms with E-state index in [1.165, 1.54) is 13.0 Å². The lowest BCUT2D eigenvalue weighted by Crippen LogP contribution is -2.47. The molecule has 2 nitrogen and oxygen atoms in total. The molecule has 0 aromatic rings. The Morgan fingerprint density at radius 2 is 2.50 bits per heavy atom. The summed E-state index contributed by atoms with van der Waals surface area (Å²) in [5, 5.41) is 6.90.